The number of nitrogens with zero attached hydrogens (tertiary/aromatic N) is 1. The summed E-state index contributed by atoms with van der Waals surface area (Å²) < 4.78 is 0. The number of carbonyl (C=O) groups excluding carboxylic acids is 1. The van der Waals surface area contributed by atoms with Crippen molar-refractivity contribution in [2.24, 2.45) is 0 Å². The average Bonchev–Trinajstić information content (AvgIpc) is 2.65. The zero-order chi connectivity index (χ0) is 12.4. The van der Waals surface area contributed by atoms with Crippen molar-refractivity contribution in [1.29, 1.82) is 5.26 Å². The lowest BCUT2D eigenvalue weighted by atomic mass is 9.96. The Morgan fingerprint density at radius 1 is 1.41 bits per heavy atom. The van der Waals surface area contributed by atoms with E-state index in [4.69, 9.17) is 28.5 Å². The molecule has 0 saturated heterocycles. The van der Waals surface area contributed by atoms with Gasteiger partial charge in [-0.05, 0) is 31.2 Å². The van der Waals surface area contributed by atoms with E-state index >= 15 is 0 Å². The predicted octanol–water partition coefficient (Wildman–Crippen LogP) is 3.24. The van der Waals surface area contributed by atoms with Gasteiger partial charge in [-0.15, -0.1) is 11.3 Å². The van der Waals surface area contributed by atoms with Crippen LogP contribution in [0.15, 0.2) is 0 Å². The third-order valence-corrected chi connectivity index (χ3v) is 4.32. The first-order valence-corrected chi connectivity index (χ1v) is 6.96. The fourth-order valence-electron chi connectivity index (χ4n) is 1.94. The number of aryl methyl sites for hydroxylation is 1. The quantitative estimate of drug-likeness (QED) is 0.850. The highest BCUT2D eigenvalue weighted by atomic mass is 35.5. The van der Waals surface area contributed by atoms with E-state index in [2.05, 4.69) is 11.4 Å². The molecule has 1 aromatic rings. The van der Waals surface area contributed by atoms with E-state index in [9.17, 15) is 4.79 Å². The van der Waals surface area contributed by atoms with Crippen molar-refractivity contribution in [3.05, 3.63) is 16.0 Å². The SMILES string of the molecule is N#Cc1c(NC(=O)C(Cl)Cl)sc2c1CCCC2. The van der Waals surface area contributed by atoms with Crippen LogP contribution in [0.3, 0.4) is 0 Å². The molecule has 2 rings (SSSR count). The summed E-state index contributed by atoms with van der Waals surface area (Å²) >= 11 is 12.4. The first-order valence-electron chi connectivity index (χ1n) is 5.27. The van der Waals surface area contributed by atoms with Gasteiger partial charge in [0.15, 0.2) is 4.84 Å². The van der Waals surface area contributed by atoms with Gasteiger partial charge in [0.25, 0.3) is 5.91 Å². The molecule has 1 aliphatic carbocycles. The van der Waals surface area contributed by atoms with Crippen molar-refractivity contribution in [1.82, 2.24) is 0 Å². The Morgan fingerprint density at radius 3 is 2.76 bits per heavy atom. The summed E-state index contributed by atoms with van der Waals surface area (Å²) in [5, 5.41) is 12.3. The number of amides is 1. The molecule has 1 heterocycles. The monoisotopic (exact) mass is 288 g/mol. The minimum absolute atomic E-state index is 0.483. The highest BCUT2D eigenvalue weighted by molar-refractivity contribution is 7.16. The number of hydrogen-bond donors (Lipinski definition) is 1. The van der Waals surface area contributed by atoms with Gasteiger partial charge in [0.1, 0.15) is 11.1 Å². The molecule has 0 saturated carbocycles. The van der Waals surface area contributed by atoms with Gasteiger partial charge in [-0.3, -0.25) is 4.79 Å². The Balaban J connectivity index is 2.32. The van der Waals surface area contributed by atoms with Gasteiger partial charge in [-0.2, -0.15) is 5.26 Å². The minimum atomic E-state index is -1.11. The number of halogens is 2. The summed E-state index contributed by atoms with van der Waals surface area (Å²) in [6.45, 7) is 0. The Morgan fingerprint density at radius 2 is 2.12 bits per heavy atom. The molecule has 0 unspecified atom stereocenters. The molecule has 0 aromatic carbocycles. The van der Waals surface area contributed by atoms with E-state index in [-0.39, 0.29) is 0 Å². The molecule has 1 amide bonds. The van der Waals surface area contributed by atoms with E-state index in [1.807, 2.05) is 0 Å². The molecule has 0 bridgehead atoms. The van der Waals surface area contributed by atoms with Crippen molar-refractivity contribution in [2.75, 3.05) is 5.32 Å². The summed E-state index contributed by atoms with van der Waals surface area (Å²) in [5.41, 5.74) is 1.66. The normalized spacial score (nSPS) is 14.2. The number of anilines is 1. The highest BCUT2D eigenvalue weighted by Gasteiger charge is 2.22. The molecule has 17 heavy (non-hydrogen) atoms. The van der Waals surface area contributed by atoms with Gasteiger partial charge in [-0.1, -0.05) is 23.2 Å². The summed E-state index contributed by atoms with van der Waals surface area (Å²) in [6, 6.07) is 2.16. The number of rotatable bonds is 2. The third kappa shape index (κ3) is 2.57. The predicted molar refractivity (Wildman–Crippen MR) is 69.8 cm³/mol. The molecule has 1 aliphatic rings. The van der Waals surface area contributed by atoms with Crippen molar-refractivity contribution in [3.63, 3.8) is 0 Å². The summed E-state index contributed by atoms with van der Waals surface area (Å²) in [5.74, 6) is -0.483. The van der Waals surface area contributed by atoms with Crippen LogP contribution < -0.4 is 5.32 Å². The lowest BCUT2D eigenvalue weighted by molar-refractivity contribution is -0.114. The zero-order valence-electron chi connectivity index (χ0n) is 8.93. The van der Waals surface area contributed by atoms with E-state index in [0.29, 0.717) is 10.6 Å². The van der Waals surface area contributed by atoms with Crippen molar-refractivity contribution < 1.29 is 4.79 Å². The summed E-state index contributed by atoms with van der Waals surface area (Å²) in [7, 11) is 0. The van der Waals surface area contributed by atoms with Gasteiger partial charge >= 0.3 is 0 Å². The third-order valence-electron chi connectivity index (χ3n) is 2.72. The molecular formula is C11H10Cl2N2OS. The van der Waals surface area contributed by atoms with E-state index in [1.54, 1.807) is 0 Å². The van der Waals surface area contributed by atoms with Crippen LogP contribution in [0.5, 0.6) is 0 Å². The van der Waals surface area contributed by atoms with Gasteiger partial charge in [0, 0.05) is 4.88 Å². The Labute approximate surface area is 113 Å². The number of hydrogen-bond acceptors (Lipinski definition) is 3. The molecule has 90 valence electrons. The lowest BCUT2D eigenvalue weighted by Crippen LogP contribution is -2.18. The number of alkyl halides is 2. The van der Waals surface area contributed by atoms with Crippen LogP contribution in [0.4, 0.5) is 5.00 Å². The van der Waals surface area contributed by atoms with E-state index < -0.39 is 10.7 Å². The van der Waals surface area contributed by atoms with Crippen molar-refractivity contribution in [2.45, 2.75) is 30.5 Å². The average molecular weight is 289 g/mol. The van der Waals surface area contributed by atoms with Crippen molar-refractivity contribution >= 4 is 45.4 Å². The summed E-state index contributed by atoms with van der Waals surface area (Å²) in [6.07, 6.45) is 4.13. The fraction of sp³-hybridized carbons (Fsp3) is 0.455. The maximum Gasteiger partial charge on any atom is 0.258 e. The van der Waals surface area contributed by atoms with Crippen LogP contribution >= 0.6 is 34.5 Å². The standard InChI is InChI=1S/C11H10Cl2N2OS/c12-9(13)10(16)15-11-7(5-14)6-3-1-2-4-8(6)17-11/h9H,1-4H2,(H,15,16). The molecule has 0 radical (unpaired) electrons. The maximum absolute atomic E-state index is 11.4. The molecule has 0 atom stereocenters. The van der Waals surface area contributed by atoms with Crippen LogP contribution in [0.25, 0.3) is 0 Å². The van der Waals surface area contributed by atoms with Crippen LogP contribution in [0, 0.1) is 11.3 Å². The molecule has 1 aromatic heterocycles. The lowest BCUT2D eigenvalue weighted by Gasteiger charge is -2.09. The number of carbonyl (C=O) groups is 1. The first kappa shape index (κ1) is 12.7. The number of nitrogens with one attached hydrogen (secondary N) is 1. The van der Waals surface area contributed by atoms with Gasteiger partial charge in [0.2, 0.25) is 0 Å². The Bertz CT molecular complexity index is 490. The topological polar surface area (TPSA) is 52.9 Å². The summed E-state index contributed by atoms with van der Waals surface area (Å²) in [4.78, 5) is 11.5. The van der Waals surface area contributed by atoms with Gasteiger partial charge in [0.05, 0.1) is 5.56 Å². The Hall–Kier alpha value is -0.760. The molecule has 0 fully saturated rings. The second-order valence-corrected chi connectivity index (χ2v) is 6.02. The molecule has 3 nitrogen and oxygen atoms in total. The van der Waals surface area contributed by atoms with Crippen LogP contribution in [0.1, 0.15) is 28.8 Å². The zero-order valence-corrected chi connectivity index (χ0v) is 11.3. The number of thiophene rings is 1. The molecule has 6 heteroatoms. The fourth-order valence-corrected chi connectivity index (χ4v) is 3.29. The van der Waals surface area contributed by atoms with Crippen LogP contribution in [0.2, 0.25) is 0 Å². The Kier molecular flexibility index (Phi) is 3.93. The smallest absolute Gasteiger partial charge is 0.258 e. The maximum atomic E-state index is 11.4. The van der Waals surface area contributed by atoms with E-state index in [0.717, 1.165) is 31.2 Å². The molecule has 1 N–H and O–H groups in total. The van der Waals surface area contributed by atoms with E-state index in [1.165, 1.54) is 16.2 Å². The molecule has 0 spiro atoms. The largest absolute Gasteiger partial charge is 0.314 e. The second kappa shape index (κ2) is 5.26. The molecular weight excluding hydrogens is 279 g/mol. The highest BCUT2D eigenvalue weighted by Crippen LogP contribution is 2.37. The van der Waals surface area contributed by atoms with Crippen LogP contribution in [-0.4, -0.2) is 10.7 Å². The second-order valence-electron chi connectivity index (χ2n) is 3.82. The van der Waals surface area contributed by atoms with Gasteiger partial charge < -0.3 is 5.32 Å². The number of nitriles is 1. The van der Waals surface area contributed by atoms with Gasteiger partial charge in [-0.25, -0.2) is 0 Å². The minimum Gasteiger partial charge on any atom is -0.314 e. The van der Waals surface area contributed by atoms with Crippen LogP contribution in [-0.2, 0) is 17.6 Å². The first-order chi connectivity index (χ1) is 8.13. The van der Waals surface area contributed by atoms with Crippen molar-refractivity contribution in [3.8, 4) is 6.07 Å². The number of fused-ring (bicyclic) bond motifs is 1. The molecule has 0 aliphatic heterocycles.